The van der Waals surface area contributed by atoms with Gasteiger partial charge < -0.3 is 4.74 Å². The molecule has 0 bridgehead atoms. The molecule has 1 heterocycles. The number of Topliss-reactive ketones (excluding diaryl/α,β-unsaturated/α-hetero) is 2. The van der Waals surface area contributed by atoms with Crippen LogP contribution in [-0.4, -0.2) is 48.0 Å². The van der Waals surface area contributed by atoms with Crippen molar-refractivity contribution in [3.63, 3.8) is 0 Å². The highest BCUT2D eigenvalue weighted by molar-refractivity contribution is 6.14. The van der Waals surface area contributed by atoms with Gasteiger partial charge in [-0.1, -0.05) is 13.8 Å². The summed E-state index contributed by atoms with van der Waals surface area (Å²) >= 11 is 0. The minimum atomic E-state index is -0.447. The predicted octanol–water partition coefficient (Wildman–Crippen LogP) is 0.892. The molecule has 0 aromatic carbocycles. The van der Waals surface area contributed by atoms with E-state index in [4.69, 9.17) is 4.74 Å². The second kappa shape index (κ2) is 8.46. The third kappa shape index (κ3) is 5.99. The zero-order valence-electron chi connectivity index (χ0n) is 12.5. The summed E-state index contributed by atoms with van der Waals surface area (Å²) in [4.78, 5) is 46.4. The van der Waals surface area contributed by atoms with Gasteiger partial charge in [-0.15, -0.1) is 0 Å². The van der Waals surface area contributed by atoms with Gasteiger partial charge in [0.2, 0.25) is 0 Å². The molecular weight excluding hydrogens is 274 g/mol. The number of carbonyl (C=O) groups excluding carboxylic acids is 4. The van der Waals surface area contributed by atoms with Gasteiger partial charge in [-0.25, -0.2) is 0 Å². The van der Waals surface area contributed by atoms with E-state index >= 15 is 0 Å². The maximum atomic E-state index is 11.6. The van der Waals surface area contributed by atoms with E-state index in [0.717, 1.165) is 17.1 Å². The fourth-order valence-corrected chi connectivity index (χ4v) is 1.78. The number of imide groups is 1. The number of ether oxygens (including phenoxy) is 1. The summed E-state index contributed by atoms with van der Waals surface area (Å²) in [7, 11) is 0. The van der Waals surface area contributed by atoms with Crippen LogP contribution in [0.3, 0.4) is 0 Å². The summed E-state index contributed by atoms with van der Waals surface area (Å²) in [5, 5.41) is 0. The van der Waals surface area contributed by atoms with Crippen molar-refractivity contribution in [3.8, 4) is 0 Å². The van der Waals surface area contributed by atoms with E-state index in [1.807, 2.05) is 13.8 Å². The number of nitrogens with zero attached hydrogens (tertiary/aromatic N) is 1. The molecule has 0 aliphatic carbocycles. The lowest BCUT2D eigenvalue weighted by molar-refractivity contribution is -0.140. The average molecular weight is 295 g/mol. The van der Waals surface area contributed by atoms with Crippen molar-refractivity contribution in [2.45, 2.75) is 33.1 Å². The van der Waals surface area contributed by atoms with Crippen LogP contribution in [0.5, 0.6) is 0 Å². The van der Waals surface area contributed by atoms with Crippen LogP contribution in [0.15, 0.2) is 12.2 Å². The summed E-state index contributed by atoms with van der Waals surface area (Å²) in [5.41, 5.74) is 0. The first-order chi connectivity index (χ1) is 9.91. The van der Waals surface area contributed by atoms with Crippen molar-refractivity contribution in [1.82, 2.24) is 4.90 Å². The molecule has 1 rings (SSSR count). The highest BCUT2D eigenvalue weighted by Gasteiger charge is 2.25. The van der Waals surface area contributed by atoms with Crippen molar-refractivity contribution in [1.29, 1.82) is 0 Å². The lowest BCUT2D eigenvalue weighted by Crippen LogP contribution is -2.35. The quantitative estimate of drug-likeness (QED) is 0.442. The van der Waals surface area contributed by atoms with Crippen molar-refractivity contribution >= 4 is 23.4 Å². The smallest absolute Gasteiger partial charge is 0.254 e. The number of amides is 2. The van der Waals surface area contributed by atoms with Crippen molar-refractivity contribution in [2.24, 2.45) is 5.92 Å². The van der Waals surface area contributed by atoms with Gasteiger partial charge in [-0.2, -0.15) is 0 Å². The van der Waals surface area contributed by atoms with E-state index in [-0.39, 0.29) is 30.4 Å². The Hall–Kier alpha value is -1.82. The van der Waals surface area contributed by atoms with Crippen LogP contribution in [0.4, 0.5) is 0 Å². The summed E-state index contributed by atoms with van der Waals surface area (Å²) in [6, 6.07) is 0. The second-order valence-corrected chi connectivity index (χ2v) is 5.22. The van der Waals surface area contributed by atoms with Gasteiger partial charge in [-0.3, -0.25) is 24.1 Å². The number of ketones is 2. The first-order valence-corrected chi connectivity index (χ1v) is 7.07. The van der Waals surface area contributed by atoms with Crippen LogP contribution in [0.1, 0.15) is 33.1 Å². The first kappa shape index (κ1) is 17.2. The van der Waals surface area contributed by atoms with E-state index < -0.39 is 11.8 Å². The van der Waals surface area contributed by atoms with Gasteiger partial charge in [0.15, 0.2) is 5.78 Å². The molecule has 0 radical (unpaired) electrons. The predicted molar refractivity (Wildman–Crippen MR) is 75.4 cm³/mol. The molecule has 1 aliphatic heterocycles. The largest absolute Gasteiger partial charge is 0.381 e. The third-order valence-corrected chi connectivity index (χ3v) is 3.12. The highest BCUT2D eigenvalue weighted by atomic mass is 16.5. The van der Waals surface area contributed by atoms with Crippen LogP contribution < -0.4 is 0 Å². The van der Waals surface area contributed by atoms with Gasteiger partial charge in [0.1, 0.15) is 5.78 Å². The summed E-state index contributed by atoms with van der Waals surface area (Å²) in [6.45, 7) is 4.25. The Balaban J connectivity index is 2.08. The van der Waals surface area contributed by atoms with Gasteiger partial charge >= 0.3 is 0 Å². The maximum Gasteiger partial charge on any atom is 0.254 e. The monoisotopic (exact) mass is 295 g/mol. The lowest BCUT2D eigenvalue weighted by Gasteiger charge is -2.12. The Bertz CT molecular complexity index is 435. The molecule has 21 heavy (non-hydrogen) atoms. The highest BCUT2D eigenvalue weighted by Crippen LogP contribution is 2.05. The molecule has 0 spiro atoms. The molecule has 0 fully saturated rings. The fraction of sp³-hybridized carbons (Fsp3) is 0.600. The molecule has 0 saturated carbocycles. The minimum absolute atomic E-state index is 0.0133. The van der Waals surface area contributed by atoms with Crippen LogP contribution in [0.2, 0.25) is 0 Å². The molecule has 2 amide bonds. The molecule has 6 nitrogen and oxygen atoms in total. The number of hydrogen-bond acceptors (Lipinski definition) is 5. The van der Waals surface area contributed by atoms with Gasteiger partial charge in [-0.05, 0) is 6.42 Å². The molecule has 1 aliphatic rings. The summed E-state index contributed by atoms with van der Waals surface area (Å²) in [5.74, 6) is -0.903. The molecule has 0 aromatic rings. The van der Waals surface area contributed by atoms with E-state index in [1.165, 1.54) is 0 Å². The zero-order valence-corrected chi connectivity index (χ0v) is 12.5. The van der Waals surface area contributed by atoms with Crippen molar-refractivity contribution in [2.75, 3.05) is 19.8 Å². The van der Waals surface area contributed by atoms with Gasteiger partial charge in [0.05, 0.1) is 13.2 Å². The second-order valence-electron chi connectivity index (χ2n) is 5.22. The Morgan fingerprint density at radius 2 is 1.71 bits per heavy atom. The Kier molecular flexibility index (Phi) is 6.94. The zero-order chi connectivity index (χ0) is 15.8. The molecule has 0 N–H and O–H groups in total. The molecular formula is C15H21NO5. The van der Waals surface area contributed by atoms with E-state index in [0.29, 0.717) is 26.1 Å². The Labute approximate surface area is 124 Å². The molecule has 0 saturated heterocycles. The standard InChI is InChI=1S/C15H21NO5/c1-11(2)13(18)7-9-21-8-3-4-12(17)10-16-14(19)5-6-15(16)20/h5-6,11H,3-4,7-10H2,1-2H3. The minimum Gasteiger partial charge on any atom is -0.381 e. The first-order valence-electron chi connectivity index (χ1n) is 7.07. The van der Waals surface area contributed by atoms with E-state index in [9.17, 15) is 19.2 Å². The van der Waals surface area contributed by atoms with Crippen molar-refractivity contribution in [3.05, 3.63) is 12.2 Å². The molecule has 0 atom stereocenters. The van der Waals surface area contributed by atoms with Gasteiger partial charge in [0, 0.05) is 37.5 Å². The Morgan fingerprint density at radius 1 is 1.10 bits per heavy atom. The summed E-state index contributed by atoms with van der Waals surface area (Å²) in [6.07, 6.45) is 3.45. The van der Waals surface area contributed by atoms with Crippen LogP contribution >= 0.6 is 0 Å². The normalized spacial score (nSPS) is 14.3. The number of rotatable bonds is 10. The molecule has 116 valence electrons. The summed E-state index contributed by atoms with van der Waals surface area (Å²) < 4.78 is 5.28. The van der Waals surface area contributed by atoms with Crippen molar-refractivity contribution < 1.29 is 23.9 Å². The molecule has 6 heteroatoms. The van der Waals surface area contributed by atoms with Gasteiger partial charge in [0.25, 0.3) is 11.8 Å². The topological polar surface area (TPSA) is 80.8 Å². The van der Waals surface area contributed by atoms with E-state index in [1.54, 1.807) is 0 Å². The number of carbonyl (C=O) groups is 4. The molecule has 0 unspecified atom stereocenters. The fourth-order valence-electron chi connectivity index (χ4n) is 1.78. The third-order valence-electron chi connectivity index (χ3n) is 3.12. The maximum absolute atomic E-state index is 11.6. The number of hydrogen-bond donors (Lipinski definition) is 0. The van der Waals surface area contributed by atoms with Crippen LogP contribution in [0.25, 0.3) is 0 Å². The SMILES string of the molecule is CC(C)C(=O)CCOCCCC(=O)CN1C(=O)C=CC1=O. The van der Waals surface area contributed by atoms with Crippen LogP contribution in [0, 0.1) is 5.92 Å². The Morgan fingerprint density at radius 3 is 2.29 bits per heavy atom. The average Bonchev–Trinajstić information content (AvgIpc) is 2.74. The molecule has 0 aromatic heterocycles. The lowest BCUT2D eigenvalue weighted by atomic mass is 10.1. The van der Waals surface area contributed by atoms with Crippen LogP contribution in [-0.2, 0) is 23.9 Å². The van der Waals surface area contributed by atoms with E-state index in [2.05, 4.69) is 0 Å².